The van der Waals surface area contributed by atoms with Crippen LogP contribution in [0.25, 0.3) is 0 Å². The van der Waals surface area contributed by atoms with Crippen molar-refractivity contribution < 1.29 is 36.0 Å². The minimum atomic E-state index is -6.00. The second-order valence-electron chi connectivity index (χ2n) is 5.63. The van der Waals surface area contributed by atoms with E-state index in [2.05, 4.69) is 9.47 Å². The van der Waals surface area contributed by atoms with Gasteiger partial charge in [0.25, 0.3) is 0 Å². The first-order valence-electron chi connectivity index (χ1n) is 7.26. The fourth-order valence-electron chi connectivity index (χ4n) is 2.88. The monoisotopic (exact) mass is 315 g/mol. The van der Waals surface area contributed by atoms with Crippen molar-refractivity contribution >= 4 is 13.4 Å². The fraction of sp³-hybridized carbons (Fsp3) is 0.917. The number of ether oxygens (including phenoxy) is 2. The minimum absolute atomic E-state index is 0.0486. The summed E-state index contributed by atoms with van der Waals surface area (Å²) in [5.41, 5.74) is 0. The van der Waals surface area contributed by atoms with Gasteiger partial charge in [-0.25, -0.2) is 4.79 Å². The number of rotatable bonds is 0. The Morgan fingerprint density at radius 1 is 1.00 bits per heavy atom. The molecule has 21 heavy (non-hydrogen) atoms. The number of hydrogen-bond donors (Lipinski definition) is 0. The highest BCUT2D eigenvalue weighted by Gasteiger charge is 2.34. The van der Waals surface area contributed by atoms with Crippen LogP contribution in [0.15, 0.2) is 0 Å². The van der Waals surface area contributed by atoms with Crippen molar-refractivity contribution in [2.75, 3.05) is 32.8 Å². The number of carbonyl (C=O) groups excluding carboxylic acids is 1. The van der Waals surface area contributed by atoms with Crippen molar-refractivity contribution in [2.45, 2.75) is 38.7 Å². The molecule has 1 atom stereocenters. The predicted octanol–water partition coefficient (Wildman–Crippen LogP) is 3.23. The zero-order valence-corrected chi connectivity index (χ0v) is 12.2. The fourth-order valence-corrected chi connectivity index (χ4v) is 2.88. The molecular formula is C12H22BF4NO3. The van der Waals surface area contributed by atoms with E-state index in [0.717, 1.165) is 0 Å². The summed E-state index contributed by atoms with van der Waals surface area (Å²) in [4.78, 5) is 10.0. The Morgan fingerprint density at radius 2 is 1.38 bits per heavy atom. The molecule has 3 heterocycles. The number of nitrogens with zero attached hydrogens (tertiary/aromatic N) is 1. The molecule has 0 aliphatic carbocycles. The molecule has 3 saturated heterocycles. The van der Waals surface area contributed by atoms with Crippen molar-refractivity contribution in [2.24, 2.45) is 0 Å². The number of cyclic esters (lactones) is 2. The standard InChI is InChI=1S/C8H16N.C4H6O3.BF4/c1-2-6-9(5-1)7-3-4-8-9;1-3-2-6-4(5)7-3;2-1(3,4)5/h1-8H2;3H,2H2,1H3;/q+1;;-1. The molecule has 1 spiro atoms. The molecule has 0 amide bonds. The third kappa shape index (κ3) is 8.13. The molecule has 9 heteroatoms. The lowest BCUT2D eigenvalue weighted by atomic mass is 10.3. The van der Waals surface area contributed by atoms with Gasteiger partial charge in [0.05, 0.1) is 26.2 Å². The molecule has 0 N–H and O–H groups in total. The van der Waals surface area contributed by atoms with Crippen LogP contribution in [0.3, 0.4) is 0 Å². The molecule has 3 rings (SSSR count). The largest absolute Gasteiger partial charge is 0.673 e. The molecular weight excluding hydrogens is 293 g/mol. The first kappa shape index (κ1) is 18.1. The lowest BCUT2D eigenvalue weighted by Crippen LogP contribution is -2.41. The summed E-state index contributed by atoms with van der Waals surface area (Å²) in [5.74, 6) is 0. The van der Waals surface area contributed by atoms with Crippen molar-refractivity contribution in [1.82, 2.24) is 0 Å². The van der Waals surface area contributed by atoms with Crippen LogP contribution < -0.4 is 0 Å². The molecule has 4 nitrogen and oxygen atoms in total. The third-order valence-corrected chi connectivity index (χ3v) is 3.76. The molecule has 3 aliphatic rings. The number of carbonyl (C=O) groups is 1. The van der Waals surface area contributed by atoms with Gasteiger partial charge in [-0.3, -0.25) is 0 Å². The summed E-state index contributed by atoms with van der Waals surface area (Å²) in [6.45, 7) is 8.18. The van der Waals surface area contributed by atoms with Crippen LogP contribution in [0.2, 0.25) is 0 Å². The average Bonchev–Trinajstić information content (AvgIpc) is 3.05. The van der Waals surface area contributed by atoms with Gasteiger partial charge in [-0.1, -0.05) is 0 Å². The highest BCUT2D eigenvalue weighted by molar-refractivity contribution is 6.50. The van der Waals surface area contributed by atoms with Crippen LogP contribution >= 0.6 is 0 Å². The quantitative estimate of drug-likeness (QED) is 0.298. The summed E-state index contributed by atoms with van der Waals surface area (Å²) in [6.07, 6.45) is 5.40. The van der Waals surface area contributed by atoms with E-state index in [9.17, 15) is 22.1 Å². The van der Waals surface area contributed by atoms with E-state index in [0.29, 0.717) is 6.61 Å². The van der Waals surface area contributed by atoms with Crippen LogP contribution in [-0.2, 0) is 9.47 Å². The second kappa shape index (κ2) is 7.86. The lowest BCUT2D eigenvalue weighted by Gasteiger charge is -2.27. The zero-order chi connectivity index (χ0) is 15.9. The van der Waals surface area contributed by atoms with Gasteiger partial charge in [0.15, 0.2) is 0 Å². The first-order chi connectivity index (χ1) is 9.70. The van der Waals surface area contributed by atoms with Crippen molar-refractivity contribution in [3.8, 4) is 0 Å². The van der Waals surface area contributed by atoms with Crippen LogP contribution in [0.5, 0.6) is 0 Å². The molecule has 124 valence electrons. The molecule has 0 aromatic carbocycles. The van der Waals surface area contributed by atoms with Gasteiger partial charge in [0, 0.05) is 25.7 Å². The summed E-state index contributed by atoms with van der Waals surface area (Å²) < 4.78 is 49.4. The Kier molecular flexibility index (Phi) is 6.76. The highest BCUT2D eigenvalue weighted by Crippen LogP contribution is 2.25. The van der Waals surface area contributed by atoms with Gasteiger partial charge in [0.2, 0.25) is 0 Å². The van der Waals surface area contributed by atoms with Crippen LogP contribution in [0, 0.1) is 0 Å². The van der Waals surface area contributed by atoms with Gasteiger partial charge < -0.3 is 31.2 Å². The lowest BCUT2D eigenvalue weighted by molar-refractivity contribution is -0.904. The number of halogens is 4. The Bertz CT molecular complexity index is 305. The highest BCUT2D eigenvalue weighted by atomic mass is 19.5. The van der Waals surface area contributed by atoms with Crippen molar-refractivity contribution in [3.05, 3.63) is 0 Å². The minimum Gasteiger partial charge on any atom is -0.430 e. The Morgan fingerprint density at radius 3 is 1.57 bits per heavy atom. The van der Waals surface area contributed by atoms with E-state index in [1.54, 1.807) is 6.92 Å². The van der Waals surface area contributed by atoms with Crippen LogP contribution in [-0.4, -0.2) is 56.8 Å². The summed E-state index contributed by atoms with van der Waals surface area (Å²) in [5, 5.41) is 0. The van der Waals surface area contributed by atoms with Crippen molar-refractivity contribution in [3.63, 3.8) is 0 Å². The summed E-state index contributed by atoms with van der Waals surface area (Å²) >= 11 is 0. The predicted molar refractivity (Wildman–Crippen MR) is 70.3 cm³/mol. The van der Waals surface area contributed by atoms with E-state index in [1.165, 1.54) is 56.3 Å². The van der Waals surface area contributed by atoms with Crippen molar-refractivity contribution in [1.29, 1.82) is 0 Å². The molecule has 0 aromatic heterocycles. The Labute approximate surface area is 122 Å². The maximum absolute atomic E-state index is 10.0. The van der Waals surface area contributed by atoms with E-state index >= 15 is 0 Å². The molecule has 0 saturated carbocycles. The molecule has 3 aliphatic heterocycles. The van der Waals surface area contributed by atoms with Gasteiger partial charge >= 0.3 is 13.4 Å². The molecule has 0 bridgehead atoms. The normalized spacial score (nSPS) is 26.3. The Balaban J connectivity index is 0.000000166. The average molecular weight is 315 g/mol. The van der Waals surface area contributed by atoms with Crippen LogP contribution in [0.4, 0.5) is 22.1 Å². The maximum atomic E-state index is 10.0. The van der Waals surface area contributed by atoms with E-state index in [-0.39, 0.29) is 6.10 Å². The summed E-state index contributed by atoms with van der Waals surface area (Å²) in [6, 6.07) is 0. The maximum Gasteiger partial charge on any atom is 0.673 e. The molecule has 0 radical (unpaired) electrons. The second-order valence-corrected chi connectivity index (χ2v) is 5.63. The topological polar surface area (TPSA) is 35.5 Å². The van der Waals surface area contributed by atoms with Gasteiger partial charge in [-0.15, -0.1) is 0 Å². The van der Waals surface area contributed by atoms with Gasteiger partial charge in [-0.05, 0) is 6.92 Å². The molecule has 0 aromatic rings. The SMILES string of the molecule is C1CC[N+]2(C1)CCCC2.CC1COC(=O)O1.F[B-](F)(F)F. The molecule has 3 fully saturated rings. The van der Waals surface area contributed by atoms with E-state index < -0.39 is 13.4 Å². The smallest absolute Gasteiger partial charge is 0.430 e. The van der Waals surface area contributed by atoms with Crippen LogP contribution in [0.1, 0.15) is 32.6 Å². The van der Waals surface area contributed by atoms with Gasteiger partial charge in [-0.2, -0.15) is 0 Å². The summed E-state index contributed by atoms with van der Waals surface area (Å²) in [7, 11) is -6.00. The number of quaternary nitrogens is 1. The van der Waals surface area contributed by atoms with Gasteiger partial charge in [0.1, 0.15) is 12.7 Å². The first-order valence-corrected chi connectivity index (χ1v) is 7.26. The van der Waals surface area contributed by atoms with E-state index in [4.69, 9.17) is 0 Å². The Hall–Kier alpha value is -0.985. The number of hydrogen-bond acceptors (Lipinski definition) is 3. The van der Waals surface area contributed by atoms with E-state index in [1.807, 2.05) is 0 Å². The third-order valence-electron chi connectivity index (χ3n) is 3.76. The zero-order valence-electron chi connectivity index (χ0n) is 12.2. The molecule has 1 unspecified atom stereocenters.